The van der Waals surface area contributed by atoms with Crippen LogP contribution in [0.5, 0.6) is 0 Å². The van der Waals surface area contributed by atoms with E-state index >= 15 is 0 Å². The van der Waals surface area contributed by atoms with Crippen LogP contribution in [0.3, 0.4) is 0 Å². The van der Waals surface area contributed by atoms with Crippen molar-refractivity contribution in [2.75, 3.05) is 7.11 Å². The van der Waals surface area contributed by atoms with Gasteiger partial charge in [-0.25, -0.2) is 0 Å². The zero-order valence-corrected chi connectivity index (χ0v) is 12.8. The molecule has 0 aromatic rings. The fraction of sp³-hybridized carbons (Fsp3) is 0.938. The summed E-state index contributed by atoms with van der Waals surface area (Å²) in [4.78, 5) is 12.4. The van der Waals surface area contributed by atoms with Crippen LogP contribution in [-0.4, -0.2) is 18.5 Å². The van der Waals surface area contributed by atoms with Crippen molar-refractivity contribution in [1.29, 1.82) is 0 Å². The summed E-state index contributed by atoms with van der Waals surface area (Å²) < 4.78 is 5.64. The molecular weight excluding hydrogens is 224 g/mol. The van der Waals surface area contributed by atoms with E-state index in [1.807, 2.05) is 0 Å². The molecule has 0 aromatic carbocycles. The van der Waals surface area contributed by atoms with Crippen molar-refractivity contribution in [2.45, 2.75) is 78.2 Å². The molecule has 0 unspecified atom stereocenters. The Morgan fingerprint density at radius 2 is 1.72 bits per heavy atom. The molecule has 2 heteroatoms. The van der Waals surface area contributed by atoms with Gasteiger partial charge in [-0.05, 0) is 43.4 Å². The Morgan fingerprint density at radius 1 is 1.17 bits per heavy atom. The van der Waals surface area contributed by atoms with E-state index in [0.717, 1.165) is 38.5 Å². The maximum Gasteiger partial charge on any atom is 0.164 e. The number of hydrogen-bond acceptors (Lipinski definition) is 2. The Hall–Kier alpha value is -0.370. The van der Waals surface area contributed by atoms with Crippen LogP contribution < -0.4 is 0 Å². The minimum Gasteiger partial charge on any atom is -0.370 e. The molecule has 0 heterocycles. The van der Waals surface area contributed by atoms with E-state index in [2.05, 4.69) is 27.7 Å². The summed E-state index contributed by atoms with van der Waals surface area (Å²) >= 11 is 0. The van der Waals surface area contributed by atoms with Crippen molar-refractivity contribution >= 4 is 5.78 Å². The van der Waals surface area contributed by atoms with Crippen molar-refractivity contribution in [3.8, 4) is 0 Å². The fourth-order valence-electron chi connectivity index (χ4n) is 2.83. The first kappa shape index (κ1) is 15.7. The van der Waals surface area contributed by atoms with Crippen LogP contribution >= 0.6 is 0 Å². The molecule has 0 N–H and O–H groups in total. The van der Waals surface area contributed by atoms with E-state index < -0.39 is 5.60 Å². The van der Waals surface area contributed by atoms with Gasteiger partial charge in [0.25, 0.3) is 0 Å². The molecule has 1 aliphatic rings. The van der Waals surface area contributed by atoms with E-state index in [1.54, 1.807) is 7.11 Å². The predicted octanol–water partition coefficient (Wildman–Crippen LogP) is 4.37. The summed E-state index contributed by atoms with van der Waals surface area (Å²) in [7, 11) is 1.71. The van der Waals surface area contributed by atoms with Gasteiger partial charge in [-0.15, -0.1) is 0 Å². The van der Waals surface area contributed by atoms with Crippen molar-refractivity contribution < 1.29 is 9.53 Å². The Kier molecular flexibility index (Phi) is 5.39. The highest BCUT2D eigenvalue weighted by Crippen LogP contribution is 2.42. The number of hydrogen-bond donors (Lipinski definition) is 0. The molecule has 106 valence electrons. The van der Waals surface area contributed by atoms with Crippen LogP contribution in [-0.2, 0) is 9.53 Å². The first-order valence-corrected chi connectivity index (χ1v) is 7.40. The fourth-order valence-corrected chi connectivity index (χ4v) is 2.83. The molecule has 0 atom stereocenters. The zero-order chi connectivity index (χ0) is 13.8. The third kappa shape index (κ3) is 4.08. The minimum atomic E-state index is -0.466. The highest BCUT2D eigenvalue weighted by molar-refractivity contribution is 5.87. The Morgan fingerprint density at radius 3 is 2.17 bits per heavy atom. The van der Waals surface area contributed by atoms with Crippen LogP contribution in [0.25, 0.3) is 0 Å². The number of carbonyl (C=O) groups excluding carboxylic acids is 1. The quantitative estimate of drug-likeness (QED) is 0.703. The van der Waals surface area contributed by atoms with E-state index in [1.165, 1.54) is 0 Å². The zero-order valence-electron chi connectivity index (χ0n) is 12.8. The number of rotatable bonds is 6. The Balaban J connectivity index is 2.52. The summed E-state index contributed by atoms with van der Waals surface area (Å²) in [6.45, 7) is 8.99. The molecule has 1 saturated carbocycles. The van der Waals surface area contributed by atoms with E-state index in [0.29, 0.717) is 23.5 Å². The molecular formula is C16H30O2. The lowest BCUT2D eigenvalue weighted by Gasteiger charge is -2.41. The minimum absolute atomic E-state index is 0.334. The molecule has 0 aromatic heterocycles. The third-order valence-electron chi connectivity index (χ3n) is 4.50. The van der Waals surface area contributed by atoms with Crippen molar-refractivity contribution in [1.82, 2.24) is 0 Å². The van der Waals surface area contributed by atoms with Gasteiger partial charge < -0.3 is 4.74 Å². The topological polar surface area (TPSA) is 26.3 Å². The van der Waals surface area contributed by atoms with Crippen LogP contribution in [0.2, 0.25) is 0 Å². The molecule has 1 fully saturated rings. The summed E-state index contributed by atoms with van der Waals surface area (Å²) in [6, 6.07) is 0. The van der Waals surface area contributed by atoms with Gasteiger partial charge in [-0.1, -0.05) is 34.1 Å². The van der Waals surface area contributed by atoms with Gasteiger partial charge >= 0.3 is 0 Å². The molecule has 0 bridgehead atoms. The number of ether oxygens (including phenoxy) is 1. The lowest BCUT2D eigenvalue weighted by molar-refractivity contribution is -0.148. The lowest BCUT2D eigenvalue weighted by Crippen LogP contribution is -2.45. The molecule has 0 radical (unpaired) electrons. The van der Waals surface area contributed by atoms with Crippen LogP contribution in [0.1, 0.15) is 72.6 Å². The van der Waals surface area contributed by atoms with Crippen LogP contribution in [0, 0.1) is 11.3 Å². The number of Topliss-reactive ketones (excluding diaryl/α,β-unsaturated/α-hetero) is 1. The van der Waals surface area contributed by atoms with E-state index in [-0.39, 0.29) is 0 Å². The lowest BCUT2D eigenvalue weighted by atomic mass is 9.69. The third-order valence-corrected chi connectivity index (χ3v) is 4.50. The van der Waals surface area contributed by atoms with Crippen LogP contribution in [0.15, 0.2) is 0 Å². The number of ketones is 1. The monoisotopic (exact) mass is 254 g/mol. The van der Waals surface area contributed by atoms with E-state index in [9.17, 15) is 4.79 Å². The smallest absolute Gasteiger partial charge is 0.164 e. The average Bonchev–Trinajstić information content (AvgIpc) is 2.29. The second kappa shape index (κ2) is 6.18. The normalized spacial score (nSPS) is 22.1. The summed E-state index contributed by atoms with van der Waals surface area (Å²) in [5.74, 6) is 1.02. The standard InChI is InChI=1S/C16H30O2/c1-13(2)7-6-8-14(17)16(18-5)11-9-15(3,4)10-12-16/h13H,6-12H2,1-5H3. The predicted molar refractivity (Wildman–Crippen MR) is 75.7 cm³/mol. The highest BCUT2D eigenvalue weighted by atomic mass is 16.5. The molecule has 1 rings (SSSR count). The maximum atomic E-state index is 12.4. The van der Waals surface area contributed by atoms with Gasteiger partial charge in [-0.2, -0.15) is 0 Å². The molecule has 1 aliphatic carbocycles. The van der Waals surface area contributed by atoms with Gasteiger partial charge in [0, 0.05) is 13.5 Å². The second-order valence-corrected chi connectivity index (χ2v) is 7.07. The van der Waals surface area contributed by atoms with Crippen LogP contribution in [0.4, 0.5) is 0 Å². The van der Waals surface area contributed by atoms with E-state index in [4.69, 9.17) is 4.74 Å². The molecule has 2 nitrogen and oxygen atoms in total. The Labute approximate surface area is 112 Å². The van der Waals surface area contributed by atoms with Gasteiger partial charge in [-0.3, -0.25) is 4.79 Å². The Bertz CT molecular complexity index is 269. The number of carbonyl (C=O) groups is 1. The summed E-state index contributed by atoms with van der Waals surface area (Å²) in [6.07, 6.45) is 6.82. The van der Waals surface area contributed by atoms with Gasteiger partial charge in [0.2, 0.25) is 0 Å². The van der Waals surface area contributed by atoms with Gasteiger partial charge in [0.05, 0.1) is 0 Å². The molecule has 0 saturated heterocycles. The largest absolute Gasteiger partial charge is 0.370 e. The highest BCUT2D eigenvalue weighted by Gasteiger charge is 2.43. The maximum absolute atomic E-state index is 12.4. The summed E-state index contributed by atoms with van der Waals surface area (Å²) in [5.41, 5.74) is -0.0905. The summed E-state index contributed by atoms with van der Waals surface area (Å²) in [5, 5.41) is 0. The molecule has 0 amide bonds. The SMILES string of the molecule is COC1(C(=O)CCCC(C)C)CCC(C)(C)CC1. The second-order valence-electron chi connectivity index (χ2n) is 7.07. The first-order valence-electron chi connectivity index (χ1n) is 7.40. The first-order chi connectivity index (χ1) is 8.31. The number of methoxy groups -OCH3 is 1. The average molecular weight is 254 g/mol. The van der Waals surface area contributed by atoms with Gasteiger partial charge in [0.15, 0.2) is 5.78 Å². The molecule has 0 spiro atoms. The van der Waals surface area contributed by atoms with Crippen molar-refractivity contribution in [2.24, 2.45) is 11.3 Å². The van der Waals surface area contributed by atoms with Crippen molar-refractivity contribution in [3.05, 3.63) is 0 Å². The van der Waals surface area contributed by atoms with Crippen molar-refractivity contribution in [3.63, 3.8) is 0 Å². The molecule has 18 heavy (non-hydrogen) atoms. The van der Waals surface area contributed by atoms with Gasteiger partial charge in [0.1, 0.15) is 5.60 Å². The molecule has 0 aliphatic heterocycles.